The molecule has 1 aromatic rings. The van der Waals surface area contributed by atoms with E-state index in [1.165, 1.54) is 0 Å². The maximum Gasteiger partial charge on any atom is 0.0522 e. The molecule has 0 aliphatic carbocycles. The summed E-state index contributed by atoms with van der Waals surface area (Å²) in [7, 11) is 1.88. The zero-order chi connectivity index (χ0) is 9.90. The van der Waals surface area contributed by atoms with Crippen LogP contribution in [0.5, 0.6) is 0 Å². The van der Waals surface area contributed by atoms with Crippen LogP contribution in [0.25, 0.3) is 0 Å². The van der Waals surface area contributed by atoms with Gasteiger partial charge in [-0.25, -0.2) is 0 Å². The average molecular weight is 180 g/mol. The molecule has 0 saturated heterocycles. The molecule has 3 heteroatoms. The lowest BCUT2D eigenvalue weighted by atomic mass is 9.86. The Hall–Kier alpha value is -1.09. The quantitative estimate of drug-likeness (QED) is 0.706. The molecule has 0 aliphatic rings. The number of rotatable bonds is 4. The van der Waals surface area contributed by atoms with Gasteiger partial charge in [-0.1, -0.05) is 13.0 Å². The third-order valence-electron chi connectivity index (χ3n) is 2.22. The average Bonchev–Trinajstić information content (AvgIpc) is 2.51. The highest BCUT2D eigenvalue weighted by Gasteiger charge is 2.19. The minimum absolute atomic E-state index is 0.116. The van der Waals surface area contributed by atoms with Crippen molar-refractivity contribution in [2.24, 2.45) is 12.5 Å². The van der Waals surface area contributed by atoms with E-state index in [0.717, 1.165) is 12.0 Å². The van der Waals surface area contributed by atoms with E-state index < -0.39 is 0 Å². The minimum Gasteiger partial charge on any atom is -0.395 e. The Bertz CT molecular complexity index is 293. The topological polar surface area (TPSA) is 38.1 Å². The number of hydrogen-bond donors (Lipinski definition) is 1. The standard InChI is InChI=1S/C10H16N2O/c1-4-10(2,8-13)5-9-6-11-12(3)7-9/h4,6-7,13H,1,5,8H2,2-3H3. The van der Waals surface area contributed by atoms with E-state index in [9.17, 15) is 0 Å². The van der Waals surface area contributed by atoms with Crippen LogP contribution in [0.15, 0.2) is 25.0 Å². The smallest absolute Gasteiger partial charge is 0.0522 e. The Morgan fingerprint density at radius 2 is 2.46 bits per heavy atom. The van der Waals surface area contributed by atoms with Crippen molar-refractivity contribution in [3.05, 3.63) is 30.6 Å². The number of nitrogens with zero attached hydrogens (tertiary/aromatic N) is 2. The molecule has 72 valence electrons. The highest BCUT2D eigenvalue weighted by Crippen LogP contribution is 2.22. The second kappa shape index (κ2) is 3.75. The summed E-state index contributed by atoms with van der Waals surface area (Å²) in [6, 6.07) is 0. The molecule has 0 aromatic carbocycles. The van der Waals surface area contributed by atoms with Crippen LogP contribution < -0.4 is 0 Å². The minimum atomic E-state index is -0.233. The van der Waals surface area contributed by atoms with Crippen molar-refractivity contribution >= 4 is 0 Å². The summed E-state index contributed by atoms with van der Waals surface area (Å²) in [4.78, 5) is 0. The predicted molar refractivity (Wildman–Crippen MR) is 52.3 cm³/mol. The van der Waals surface area contributed by atoms with E-state index in [1.54, 1.807) is 10.8 Å². The van der Waals surface area contributed by atoms with Gasteiger partial charge >= 0.3 is 0 Å². The molecule has 1 rings (SSSR count). The van der Waals surface area contributed by atoms with Crippen LogP contribution in [0, 0.1) is 5.41 Å². The maximum atomic E-state index is 9.15. The largest absolute Gasteiger partial charge is 0.395 e. The van der Waals surface area contributed by atoms with Crippen molar-refractivity contribution in [3.8, 4) is 0 Å². The van der Waals surface area contributed by atoms with Crippen LogP contribution in [-0.4, -0.2) is 21.5 Å². The second-order valence-electron chi connectivity index (χ2n) is 3.72. The number of aliphatic hydroxyl groups excluding tert-OH is 1. The van der Waals surface area contributed by atoms with Gasteiger partial charge in [-0.05, 0) is 12.0 Å². The van der Waals surface area contributed by atoms with E-state index in [0.29, 0.717) is 0 Å². The molecule has 1 N–H and O–H groups in total. The van der Waals surface area contributed by atoms with Crippen molar-refractivity contribution in [2.45, 2.75) is 13.3 Å². The summed E-state index contributed by atoms with van der Waals surface area (Å²) < 4.78 is 1.76. The van der Waals surface area contributed by atoms with Crippen molar-refractivity contribution in [2.75, 3.05) is 6.61 Å². The van der Waals surface area contributed by atoms with Gasteiger partial charge in [0.1, 0.15) is 0 Å². The summed E-state index contributed by atoms with van der Waals surface area (Å²) in [6.45, 7) is 5.81. The van der Waals surface area contributed by atoms with E-state index in [-0.39, 0.29) is 12.0 Å². The van der Waals surface area contributed by atoms with Gasteiger partial charge < -0.3 is 5.11 Å². The van der Waals surface area contributed by atoms with Gasteiger partial charge in [0.15, 0.2) is 0 Å². The fourth-order valence-corrected chi connectivity index (χ4v) is 1.22. The molecule has 0 saturated carbocycles. The first kappa shape index (κ1) is 9.99. The lowest BCUT2D eigenvalue weighted by Gasteiger charge is -2.21. The van der Waals surface area contributed by atoms with E-state index in [1.807, 2.05) is 26.4 Å². The molecule has 3 nitrogen and oxygen atoms in total. The van der Waals surface area contributed by atoms with E-state index >= 15 is 0 Å². The van der Waals surface area contributed by atoms with E-state index in [4.69, 9.17) is 5.11 Å². The lowest BCUT2D eigenvalue weighted by Crippen LogP contribution is -2.20. The van der Waals surface area contributed by atoms with Crippen molar-refractivity contribution in [3.63, 3.8) is 0 Å². The van der Waals surface area contributed by atoms with Gasteiger partial charge in [0.2, 0.25) is 0 Å². The molecule has 0 radical (unpaired) electrons. The molecule has 0 aliphatic heterocycles. The molecule has 0 bridgehead atoms. The zero-order valence-corrected chi connectivity index (χ0v) is 8.20. The van der Waals surface area contributed by atoms with Gasteiger partial charge in [0.05, 0.1) is 12.8 Å². The Morgan fingerprint density at radius 3 is 2.85 bits per heavy atom. The highest BCUT2D eigenvalue weighted by atomic mass is 16.3. The fourth-order valence-electron chi connectivity index (χ4n) is 1.22. The molecule has 0 fully saturated rings. The van der Waals surface area contributed by atoms with Crippen LogP contribution in [0.3, 0.4) is 0 Å². The van der Waals surface area contributed by atoms with Crippen LogP contribution in [0.2, 0.25) is 0 Å². The van der Waals surface area contributed by atoms with Crippen LogP contribution >= 0.6 is 0 Å². The number of aryl methyl sites for hydroxylation is 1. The van der Waals surface area contributed by atoms with Gasteiger partial charge in [-0.3, -0.25) is 4.68 Å². The summed E-state index contributed by atoms with van der Waals surface area (Å²) in [5.74, 6) is 0. The number of aliphatic hydroxyl groups is 1. The lowest BCUT2D eigenvalue weighted by molar-refractivity contribution is 0.184. The molecule has 1 heterocycles. The molecule has 0 amide bonds. The number of hydrogen-bond acceptors (Lipinski definition) is 2. The molecular formula is C10H16N2O. The summed E-state index contributed by atoms with van der Waals surface area (Å²) in [6.07, 6.45) is 6.34. The van der Waals surface area contributed by atoms with Gasteiger partial charge in [-0.15, -0.1) is 6.58 Å². The first-order valence-corrected chi connectivity index (χ1v) is 4.31. The predicted octanol–water partition coefficient (Wildman–Crippen LogP) is 1.15. The monoisotopic (exact) mass is 180 g/mol. The maximum absolute atomic E-state index is 9.15. The Morgan fingerprint density at radius 1 is 1.77 bits per heavy atom. The molecule has 1 aromatic heterocycles. The Labute approximate surface area is 78.7 Å². The van der Waals surface area contributed by atoms with Crippen molar-refractivity contribution < 1.29 is 5.11 Å². The van der Waals surface area contributed by atoms with Crippen molar-refractivity contribution in [1.82, 2.24) is 9.78 Å². The molecular weight excluding hydrogens is 164 g/mol. The van der Waals surface area contributed by atoms with Crippen LogP contribution in [-0.2, 0) is 13.5 Å². The molecule has 1 unspecified atom stereocenters. The highest BCUT2D eigenvalue weighted by molar-refractivity contribution is 5.10. The third-order valence-corrected chi connectivity index (χ3v) is 2.22. The first-order chi connectivity index (χ1) is 6.09. The third kappa shape index (κ3) is 2.42. The van der Waals surface area contributed by atoms with Gasteiger partial charge in [0.25, 0.3) is 0 Å². The normalized spacial score (nSPS) is 15.3. The van der Waals surface area contributed by atoms with E-state index in [2.05, 4.69) is 11.7 Å². The Kier molecular flexibility index (Phi) is 2.88. The zero-order valence-electron chi connectivity index (χ0n) is 8.20. The SMILES string of the molecule is C=CC(C)(CO)Cc1cnn(C)c1. The molecule has 1 atom stereocenters. The molecule has 0 spiro atoms. The van der Waals surface area contributed by atoms with Gasteiger partial charge in [-0.2, -0.15) is 5.10 Å². The van der Waals surface area contributed by atoms with Gasteiger partial charge in [0, 0.05) is 18.7 Å². The van der Waals surface area contributed by atoms with Crippen LogP contribution in [0.1, 0.15) is 12.5 Å². The van der Waals surface area contributed by atoms with Crippen LogP contribution in [0.4, 0.5) is 0 Å². The molecule has 13 heavy (non-hydrogen) atoms. The second-order valence-corrected chi connectivity index (χ2v) is 3.72. The Balaban J connectivity index is 2.72. The first-order valence-electron chi connectivity index (χ1n) is 4.31. The summed E-state index contributed by atoms with van der Waals surface area (Å²) >= 11 is 0. The van der Waals surface area contributed by atoms with Crippen molar-refractivity contribution in [1.29, 1.82) is 0 Å². The fraction of sp³-hybridized carbons (Fsp3) is 0.500. The summed E-state index contributed by atoms with van der Waals surface area (Å²) in [5.41, 5.74) is 0.891. The summed E-state index contributed by atoms with van der Waals surface area (Å²) in [5, 5.41) is 13.2. The number of aromatic nitrogens is 2.